The predicted octanol–water partition coefficient (Wildman–Crippen LogP) is 2.96. The highest BCUT2D eigenvalue weighted by molar-refractivity contribution is 5.69. The number of aliphatic hydroxyl groups is 1. The smallest absolute Gasteiger partial charge is 0.147 e. The van der Waals surface area contributed by atoms with E-state index in [2.05, 4.69) is 6.07 Å². The second-order valence-electron chi connectivity index (χ2n) is 4.13. The van der Waals surface area contributed by atoms with Crippen molar-refractivity contribution in [2.75, 3.05) is 11.9 Å². The second-order valence-corrected chi connectivity index (χ2v) is 4.13. The summed E-state index contributed by atoms with van der Waals surface area (Å²) in [5, 5.41) is 18.0. The van der Waals surface area contributed by atoms with Gasteiger partial charge in [-0.15, -0.1) is 0 Å². The summed E-state index contributed by atoms with van der Waals surface area (Å²) in [6.07, 6.45) is 0. The molecule has 0 fully saturated rings. The van der Waals surface area contributed by atoms with E-state index >= 15 is 0 Å². The first-order valence-electron chi connectivity index (χ1n) is 5.79. The Morgan fingerprint density at radius 2 is 1.95 bits per heavy atom. The summed E-state index contributed by atoms with van der Waals surface area (Å²) < 4.78 is 14.0. The summed E-state index contributed by atoms with van der Waals surface area (Å²) in [5.41, 5.74) is 2.00. The lowest BCUT2D eigenvalue weighted by molar-refractivity contribution is 0.281. The Morgan fingerprint density at radius 3 is 2.58 bits per heavy atom. The average Bonchev–Trinajstić information content (AvgIpc) is 2.46. The highest BCUT2D eigenvalue weighted by Gasteiger charge is 2.12. The molecule has 3 nitrogen and oxygen atoms in total. The number of para-hydroxylation sites is 1. The number of nitriles is 1. The van der Waals surface area contributed by atoms with E-state index in [0.29, 0.717) is 22.5 Å². The van der Waals surface area contributed by atoms with Crippen LogP contribution in [0, 0.1) is 17.1 Å². The van der Waals surface area contributed by atoms with Crippen LogP contribution in [0.25, 0.3) is 0 Å². The van der Waals surface area contributed by atoms with Crippen LogP contribution in [-0.4, -0.2) is 12.2 Å². The fourth-order valence-corrected chi connectivity index (χ4v) is 1.91. The third-order valence-electron chi connectivity index (χ3n) is 2.94. The molecule has 0 atom stereocenters. The van der Waals surface area contributed by atoms with Crippen LogP contribution in [0.4, 0.5) is 15.8 Å². The van der Waals surface area contributed by atoms with Crippen LogP contribution in [0.5, 0.6) is 0 Å². The first kappa shape index (κ1) is 13.1. The van der Waals surface area contributed by atoms with Gasteiger partial charge in [0.25, 0.3) is 0 Å². The number of hydrogen-bond acceptors (Lipinski definition) is 3. The number of aliphatic hydroxyl groups excluding tert-OH is 1. The molecule has 4 heteroatoms. The molecule has 2 rings (SSSR count). The van der Waals surface area contributed by atoms with Gasteiger partial charge in [0, 0.05) is 7.05 Å². The molecule has 0 saturated heterocycles. The Hall–Kier alpha value is -2.38. The van der Waals surface area contributed by atoms with Crippen molar-refractivity contribution in [2.24, 2.45) is 0 Å². The van der Waals surface area contributed by atoms with Crippen LogP contribution in [0.3, 0.4) is 0 Å². The fourth-order valence-electron chi connectivity index (χ4n) is 1.91. The first-order chi connectivity index (χ1) is 9.17. The fraction of sp³-hybridized carbons (Fsp3) is 0.133. The van der Waals surface area contributed by atoms with Crippen molar-refractivity contribution in [3.63, 3.8) is 0 Å². The summed E-state index contributed by atoms with van der Waals surface area (Å²) in [5.74, 6) is -0.429. The second kappa shape index (κ2) is 5.51. The summed E-state index contributed by atoms with van der Waals surface area (Å²) in [6, 6.07) is 13.6. The Bertz CT molecular complexity index is 634. The van der Waals surface area contributed by atoms with Crippen LogP contribution in [-0.2, 0) is 6.61 Å². The van der Waals surface area contributed by atoms with Gasteiger partial charge in [-0.25, -0.2) is 4.39 Å². The topological polar surface area (TPSA) is 47.3 Å². The molecule has 2 aromatic carbocycles. The standard InChI is InChI=1S/C15H13FN2O/c1-18(14-5-3-2-4-12(14)9-17)15-7-6-11(10-19)8-13(15)16/h2-8,19H,10H2,1H3. The molecule has 0 saturated carbocycles. The van der Waals surface area contributed by atoms with E-state index in [1.54, 1.807) is 48.3 Å². The van der Waals surface area contributed by atoms with Crippen LogP contribution >= 0.6 is 0 Å². The zero-order valence-corrected chi connectivity index (χ0v) is 10.5. The van der Waals surface area contributed by atoms with E-state index < -0.39 is 5.82 Å². The summed E-state index contributed by atoms with van der Waals surface area (Å²) in [7, 11) is 1.70. The van der Waals surface area contributed by atoms with Gasteiger partial charge in [0.2, 0.25) is 0 Å². The van der Waals surface area contributed by atoms with Crippen molar-refractivity contribution in [2.45, 2.75) is 6.61 Å². The molecular formula is C15H13FN2O. The molecule has 0 aliphatic heterocycles. The molecule has 0 radical (unpaired) electrons. The van der Waals surface area contributed by atoms with E-state index in [9.17, 15) is 4.39 Å². The molecule has 0 heterocycles. The maximum Gasteiger partial charge on any atom is 0.147 e. The third-order valence-corrected chi connectivity index (χ3v) is 2.94. The number of nitrogens with zero attached hydrogens (tertiary/aromatic N) is 2. The molecule has 19 heavy (non-hydrogen) atoms. The molecule has 0 aliphatic carbocycles. The highest BCUT2D eigenvalue weighted by atomic mass is 19.1. The molecule has 0 aromatic heterocycles. The lowest BCUT2D eigenvalue weighted by Crippen LogP contribution is -2.12. The molecule has 0 amide bonds. The Kier molecular flexibility index (Phi) is 3.79. The molecule has 0 bridgehead atoms. The normalized spacial score (nSPS) is 10.0. The number of benzene rings is 2. The van der Waals surface area contributed by atoms with Crippen LogP contribution in [0.1, 0.15) is 11.1 Å². The lowest BCUT2D eigenvalue weighted by Gasteiger charge is -2.21. The van der Waals surface area contributed by atoms with Crippen molar-refractivity contribution < 1.29 is 9.50 Å². The first-order valence-corrected chi connectivity index (χ1v) is 5.79. The monoisotopic (exact) mass is 256 g/mol. The van der Waals surface area contributed by atoms with Gasteiger partial charge in [0.1, 0.15) is 11.9 Å². The zero-order valence-electron chi connectivity index (χ0n) is 10.5. The quantitative estimate of drug-likeness (QED) is 0.918. The molecule has 2 aromatic rings. The summed E-state index contributed by atoms with van der Waals surface area (Å²) in [6.45, 7) is -0.199. The van der Waals surface area contributed by atoms with Crippen LogP contribution in [0.2, 0.25) is 0 Å². The summed E-state index contributed by atoms with van der Waals surface area (Å²) >= 11 is 0. The van der Waals surface area contributed by atoms with Crippen LogP contribution < -0.4 is 4.90 Å². The Balaban J connectivity index is 2.45. The van der Waals surface area contributed by atoms with Gasteiger partial charge in [-0.2, -0.15) is 5.26 Å². The zero-order chi connectivity index (χ0) is 13.8. The van der Waals surface area contributed by atoms with E-state index in [4.69, 9.17) is 10.4 Å². The van der Waals surface area contributed by atoms with Gasteiger partial charge in [0.15, 0.2) is 0 Å². The SMILES string of the molecule is CN(c1ccc(CO)cc1F)c1ccccc1C#N. The molecule has 0 spiro atoms. The van der Waals surface area contributed by atoms with Gasteiger partial charge in [-0.1, -0.05) is 18.2 Å². The molecular weight excluding hydrogens is 243 g/mol. The minimum atomic E-state index is -0.429. The number of halogens is 1. The van der Waals surface area contributed by atoms with E-state index in [-0.39, 0.29) is 6.61 Å². The molecule has 1 N–H and O–H groups in total. The van der Waals surface area contributed by atoms with Crippen molar-refractivity contribution in [3.05, 3.63) is 59.4 Å². The van der Waals surface area contributed by atoms with Gasteiger partial charge in [0.05, 0.1) is 23.5 Å². The van der Waals surface area contributed by atoms with Crippen molar-refractivity contribution in [3.8, 4) is 6.07 Å². The Labute approximate surface area is 111 Å². The van der Waals surface area contributed by atoms with Gasteiger partial charge < -0.3 is 10.0 Å². The van der Waals surface area contributed by atoms with Crippen molar-refractivity contribution in [1.29, 1.82) is 5.26 Å². The predicted molar refractivity (Wildman–Crippen MR) is 71.5 cm³/mol. The largest absolute Gasteiger partial charge is 0.392 e. The van der Waals surface area contributed by atoms with E-state index in [0.717, 1.165) is 0 Å². The molecule has 0 aliphatic rings. The van der Waals surface area contributed by atoms with E-state index in [1.165, 1.54) is 6.07 Å². The number of hydrogen-bond donors (Lipinski definition) is 1. The minimum Gasteiger partial charge on any atom is -0.392 e. The molecule has 0 unspecified atom stereocenters. The summed E-state index contributed by atoms with van der Waals surface area (Å²) in [4.78, 5) is 1.62. The van der Waals surface area contributed by atoms with E-state index in [1.807, 2.05) is 0 Å². The Morgan fingerprint density at radius 1 is 1.21 bits per heavy atom. The highest BCUT2D eigenvalue weighted by Crippen LogP contribution is 2.29. The third kappa shape index (κ3) is 2.56. The molecule has 96 valence electrons. The van der Waals surface area contributed by atoms with Gasteiger partial charge in [-0.05, 0) is 29.8 Å². The maximum atomic E-state index is 14.0. The lowest BCUT2D eigenvalue weighted by atomic mass is 10.1. The van der Waals surface area contributed by atoms with Crippen molar-refractivity contribution in [1.82, 2.24) is 0 Å². The maximum absolute atomic E-state index is 14.0. The average molecular weight is 256 g/mol. The number of anilines is 2. The number of rotatable bonds is 3. The van der Waals surface area contributed by atoms with Gasteiger partial charge >= 0.3 is 0 Å². The van der Waals surface area contributed by atoms with Gasteiger partial charge in [-0.3, -0.25) is 0 Å². The minimum absolute atomic E-state index is 0.199. The van der Waals surface area contributed by atoms with Crippen molar-refractivity contribution >= 4 is 11.4 Å². The van der Waals surface area contributed by atoms with Crippen LogP contribution in [0.15, 0.2) is 42.5 Å².